The van der Waals surface area contributed by atoms with E-state index in [4.69, 9.17) is 9.47 Å². The van der Waals surface area contributed by atoms with Crippen LogP contribution in [0.2, 0.25) is 0 Å². The lowest BCUT2D eigenvalue weighted by molar-refractivity contribution is -0.170. The number of fused-ring (bicyclic) bond motifs is 1. The van der Waals surface area contributed by atoms with Crippen LogP contribution in [0, 0.1) is 11.8 Å². The molecule has 6 nitrogen and oxygen atoms in total. The number of rotatable bonds is 4. The first-order valence-electron chi connectivity index (χ1n) is 9.82. The lowest BCUT2D eigenvalue weighted by Gasteiger charge is -2.38. The third-order valence-corrected chi connectivity index (χ3v) is 6.41. The van der Waals surface area contributed by atoms with Gasteiger partial charge in [0.1, 0.15) is 11.7 Å². The van der Waals surface area contributed by atoms with Crippen LogP contribution in [0.5, 0.6) is 0 Å². The fraction of sp³-hybridized carbons (Fsp3) is 0.682. The Kier molecular flexibility index (Phi) is 6.24. The first-order chi connectivity index (χ1) is 12.8. The van der Waals surface area contributed by atoms with Crippen LogP contribution >= 0.6 is 0 Å². The summed E-state index contributed by atoms with van der Waals surface area (Å²) in [4.78, 5) is 36.5. The molecule has 0 unspecified atom stereocenters. The second kappa shape index (κ2) is 7.82. The fourth-order valence-corrected chi connectivity index (χ4v) is 4.46. The van der Waals surface area contributed by atoms with Crippen molar-refractivity contribution in [3.05, 3.63) is 22.8 Å². The lowest BCUT2D eigenvalue weighted by atomic mass is 9.80. The second-order valence-electron chi connectivity index (χ2n) is 8.69. The number of carbonyl (C=O) groups is 3. The second-order valence-corrected chi connectivity index (χ2v) is 8.69. The Hall–Kier alpha value is -1.95. The highest BCUT2D eigenvalue weighted by atomic mass is 16.6. The summed E-state index contributed by atoms with van der Waals surface area (Å²) in [5, 5.41) is 11.3. The molecule has 2 rings (SSSR count). The first-order valence-corrected chi connectivity index (χ1v) is 9.82. The van der Waals surface area contributed by atoms with Crippen molar-refractivity contribution >= 4 is 17.7 Å². The maximum Gasteiger partial charge on any atom is 0.333 e. The van der Waals surface area contributed by atoms with Crippen molar-refractivity contribution < 1.29 is 29.0 Å². The van der Waals surface area contributed by atoms with Gasteiger partial charge < -0.3 is 14.6 Å². The van der Waals surface area contributed by atoms with Crippen LogP contribution in [-0.2, 0) is 23.9 Å². The summed E-state index contributed by atoms with van der Waals surface area (Å²) in [6.07, 6.45) is 1.87. The highest BCUT2D eigenvalue weighted by Crippen LogP contribution is 2.50. The number of hydrogen-bond acceptors (Lipinski definition) is 6. The van der Waals surface area contributed by atoms with E-state index in [9.17, 15) is 19.5 Å². The predicted octanol–water partition coefficient (Wildman–Crippen LogP) is 3.27. The smallest absolute Gasteiger partial charge is 0.333 e. The van der Waals surface area contributed by atoms with Gasteiger partial charge in [0.15, 0.2) is 5.78 Å². The highest BCUT2D eigenvalue weighted by molar-refractivity contribution is 6.00. The van der Waals surface area contributed by atoms with Gasteiger partial charge in [0.25, 0.3) is 0 Å². The van der Waals surface area contributed by atoms with Gasteiger partial charge in [-0.3, -0.25) is 9.59 Å². The minimum atomic E-state index is -1.25. The van der Waals surface area contributed by atoms with Gasteiger partial charge in [-0.2, -0.15) is 0 Å². The molecule has 2 aliphatic rings. The van der Waals surface area contributed by atoms with Crippen molar-refractivity contribution in [2.45, 2.75) is 85.0 Å². The normalized spacial score (nSPS) is 31.4. The number of esters is 2. The zero-order valence-electron chi connectivity index (χ0n) is 17.9. The Bertz CT molecular complexity index is 744. The number of hydrogen-bond donors (Lipinski definition) is 1. The third-order valence-electron chi connectivity index (χ3n) is 6.41. The molecule has 4 atom stereocenters. The Morgan fingerprint density at radius 2 is 1.89 bits per heavy atom. The van der Waals surface area contributed by atoms with Gasteiger partial charge in [-0.15, -0.1) is 0 Å². The van der Waals surface area contributed by atoms with Crippen LogP contribution in [0.4, 0.5) is 0 Å². The van der Waals surface area contributed by atoms with Gasteiger partial charge in [0.2, 0.25) is 0 Å². The summed E-state index contributed by atoms with van der Waals surface area (Å²) in [7, 11) is 0. The predicted molar refractivity (Wildman–Crippen MR) is 104 cm³/mol. The van der Waals surface area contributed by atoms with Crippen LogP contribution in [0.25, 0.3) is 0 Å². The van der Waals surface area contributed by atoms with E-state index in [-0.39, 0.29) is 18.1 Å². The van der Waals surface area contributed by atoms with Gasteiger partial charge in [0, 0.05) is 24.8 Å². The molecule has 0 aromatic rings. The Labute approximate surface area is 167 Å². The van der Waals surface area contributed by atoms with E-state index in [1.165, 1.54) is 6.92 Å². The summed E-state index contributed by atoms with van der Waals surface area (Å²) in [5.74, 6) is -1.60. The van der Waals surface area contributed by atoms with Crippen molar-refractivity contribution in [1.29, 1.82) is 0 Å². The number of aliphatic hydroxyl groups is 1. The molecule has 1 saturated carbocycles. The molecule has 0 bridgehead atoms. The quantitative estimate of drug-likeness (QED) is 0.583. The number of allylic oxidation sites excluding steroid dienone is 2. The number of Topliss-reactive ketones (excluding diaryl/α,β-unsaturated/α-hetero) is 1. The SMILES string of the molecule is C/C=C(/C)C(=O)O[C@@H]1C[C@H](C)[C@@]2(O)CC(=O)C(C)=C2C[C@@H]1C(C)(C)OC(C)=O. The van der Waals surface area contributed by atoms with Crippen LogP contribution in [0.3, 0.4) is 0 Å². The third kappa shape index (κ3) is 4.07. The number of ether oxygens (including phenoxy) is 2. The zero-order valence-corrected chi connectivity index (χ0v) is 17.9. The molecule has 156 valence electrons. The van der Waals surface area contributed by atoms with E-state index >= 15 is 0 Å². The van der Waals surface area contributed by atoms with Crippen molar-refractivity contribution in [2.75, 3.05) is 0 Å². The van der Waals surface area contributed by atoms with E-state index in [0.717, 1.165) is 0 Å². The summed E-state index contributed by atoms with van der Waals surface area (Å²) in [6.45, 7) is 12.0. The largest absolute Gasteiger partial charge is 0.459 e. The van der Waals surface area contributed by atoms with Gasteiger partial charge in [0.05, 0.1) is 5.60 Å². The van der Waals surface area contributed by atoms with Crippen LogP contribution < -0.4 is 0 Å². The van der Waals surface area contributed by atoms with Gasteiger partial charge in [-0.25, -0.2) is 4.79 Å². The number of carbonyl (C=O) groups excluding carboxylic acids is 3. The highest BCUT2D eigenvalue weighted by Gasteiger charge is 2.54. The molecule has 0 saturated heterocycles. The van der Waals surface area contributed by atoms with Gasteiger partial charge in [-0.1, -0.05) is 13.0 Å². The number of ketones is 1. The average Bonchev–Trinajstić information content (AvgIpc) is 2.73. The summed E-state index contributed by atoms with van der Waals surface area (Å²) in [6, 6.07) is 0. The van der Waals surface area contributed by atoms with Gasteiger partial charge in [-0.05, 0) is 64.5 Å². The Morgan fingerprint density at radius 3 is 2.43 bits per heavy atom. The van der Waals surface area contributed by atoms with E-state index in [2.05, 4.69) is 0 Å². The molecule has 1 fully saturated rings. The molecule has 0 aliphatic heterocycles. The van der Waals surface area contributed by atoms with Crippen molar-refractivity contribution in [2.24, 2.45) is 11.8 Å². The monoisotopic (exact) mass is 392 g/mol. The first kappa shape index (κ1) is 22.3. The standard InChI is InChI=1S/C22H32O6/c1-8-12(2)20(25)27-19-9-13(3)22(26)11-18(24)14(4)16(22)10-17(19)21(6,7)28-15(5)23/h8,13,17,19,26H,9-11H2,1-7H3/b12-8-/t13-,17-,19+,22-/m0/s1. The van der Waals surface area contributed by atoms with Crippen LogP contribution in [-0.4, -0.2) is 40.1 Å². The van der Waals surface area contributed by atoms with E-state index in [1.807, 2.05) is 6.92 Å². The average molecular weight is 392 g/mol. The van der Waals surface area contributed by atoms with E-state index < -0.39 is 35.2 Å². The van der Waals surface area contributed by atoms with Crippen LogP contribution in [0.15, 0.2) is 22.8 Å². The molecule has 0 heterocycles. The molecule has 28 heavy (non-hydrogen) atoms. The lowest BCUT2D eigenvalue weighted by Crippen LogP contribution is -2.44. The maximum absolute atomic E-state index is 12.5. The maximum atomic E-state index is 12.5. The summed E-state index contributed by atoms with van der Waals surface area (Å²) >= 11 is 0. The van der Waals surface area contributed by atoms with Crippen LogP contribution in [0.1, 0.15) is 67.7 Å². The van der Waals surface area contributed by atoms with Crippen molar-refractivity contribution in [1.82, 2.24) is 0 Å². The fourth-order valence-electron chi connectivity index (χ4n) is 4.46. The topological polar surface area (TPSA) is 89.9 Å². The molecule has 0 amide bonds. The minimum absolute atomic E-state index is 0.0462. The minimum Gasteiger partial charge on any atom is -0.459 e. The van der Waals surface area contributed by atoms with Crippen molar-refractivity contribution in [3.8, 4) is 0 Å². The van der Waals surface area contributed by atoms with E-state index in [0.29, 0.717) is 29.6 Å². The molecule has 6 heteroatoms. The van der Waals surface area contributed by atoms with Crippen molar-refractivity contribution in [3.63, 3.8) is 0 Å². The molecule has 1 N–H and O–H groups in total. The zero-order chi connectivity index (χ0) is 21.4. The molecular formula is C22H32O6. The molecule has 0 radical (unpaired) electrons. The summed E-state index contributed by atoms with van der Waals surface area (Å²) in [5.41, 5.74) is -0.455. The molecule has 0 aromatic carbocycles. The van der Waals surface area contributed by atoms with E-state index in [1.54, 1.807) is 40.7 Å². The Morgan fingerprint density at radius 1 is 1.29 bits per heavy atom. The molecule has 0 aromatic heterocycles. The molecule has 0 spiro atoms. The summed E-state index contributed by atoms with van der Waals surface area (Å²) < 4.78 is 11.4. The molecule has 2 aliphatic carbocycles. The van der Waals surface area contributed by atoms with Gasteiger partial charge >= 0.3 is 11.9 Å². The Balaban J connectivity index is 2.51. The molecular weight excluding hydrogens is 360 g/mol.